The SMILES string of the molecule is Oc1ccc(CN(CC2CCCN2)C2CC2)cc1O. The van der Waals surface area contributed by atoms with Crippen LogP contribution < -0.4 is 5.32 Å². The molecule has 0 aromatic heterocycles. The Kier molecular flexibility index (Phi) is 3.62. The van der Waals surface area contributed by atoms with Gasteiger partial charge in [-0.1, -0.05) is 6.07 Å². The molecule has 1 aromatic carbocycles. The second kappa shape index (κ2) is 5.39. The average Bonchev–Trinajstić information content (AvgIpc) is 3.12. The smallest absolute Gasteiger partial charge is 0.157 e. The van der Waals surface area contributed by atoms with Crippen LogP contribution in [0.4, 0.5) is 0 Å². The molecule has 3 N–H and O–H groups in total. The molecular weight excluding hydrogens is 240 g/mol. The van der Waals surface area contributed by atoms with Crippen LogP contribution in [0.3, 0.4) is 0 Å². The standard InChI is InChI=1S/C15H22N2O2/c18-14-6-3-11(8-15(14)19)9-17(13-4-5-13)10-12-2-1-7-16-12/h3,6,8,12-13,16,18-19H,1-2,4-5,7,9-10H2. The van der Waals surface area contributed by atoms with Crippen LogP contribution in [0, 0.1) is 0 Å². The highest BCUT2D eigenvalue weighted by atomic mass is 16.3. The van der Waals surface area contributed by atoms with Crippen molar-refractivity contribution in [3.63, 3.8) is 0 Å². The summed E-state index contributed by atoms with van der Waals surface area (Å²) >= 11 is 0. The van der Waals surface area contributed by atoms with Gasteiger partial charge in [0.1, 0.15) is 0 Å². The number of hydrogen-bond donors (Lipinski definition) is 3. The highest BCUT2D eigenvalue weighted by Crippen LogP contribution is 2.31. The Morgan fingerprint density at radius 3 is 2.63 bits per heavy atom. The molecule has 1 saturated carbocycles. The first-order valence-corrected chi connectivity index (χ1v) is 7.20. The Bertz CT molecular complexity index is 440. The maximum atomic E-state index is 9.57. The van der Waals surface area contributed by atoms with Crippen LogP contribution in [-0.2, 0) is 6.54 Å². The lowest BCUT2D eigenvalue weighted by molar-refractivity contribution is 0.231. The molecule has 4 heteroatoms. The fraction of sp³-hybridized carbons (Fsp3) is 0.600. The van der Waals surface area contributed by atoms with Gasteiger partial charge in [0.15, 0.2) is 11.5 Å². The summed E-state index contributed by atoms with van der Waals surface area (Å²) in [7, 11) is 0. The number of hydrogen-bond acceptors (Lipinski definition) is 4. The van der Waals surface area contributed by atoms with Crippen LogP contribution in [0.2, 0.25) is 0 Å². The van der Waals surface area contributed by atoms with E-state index in [9.17, 15) is 10.2 Å². The maximum absolute atomic E-state index is 9.57. The van der Waals surface area contributed by atoms with Crippen molar-refractivity contribution in [1.82, 2.24) is 10.2 Å². The van der Waals surface area contributed by atoms with Crippen molar-refractivity contribution in [2.45, 2.75) is 44.3 Å². The molecule has 2 fully saturated rings. The molecule has 1 aliphatic heterocycles. The van der Waals surface area contributed by atoms with E-state index in [1.54, 1.807) is 12.1 Å². The molecule has 0 spiro atoms. The largest absolute Gasteiger partial charge is 0.504 e. The highest BCUT2D eigenvalue weighted by Gasteiger charge is 2.31. The summed E-state index contributed by atoms with van der Waals surface area (Å²) in [5, 5.41) is 22.5. The van der Waals surface area contributed by atoms with Crippen LogP contribution in [0.15, 0.2) is 18.2 Å². The van der Waals surface area contributed by atoms with Gasteiger partial charge in [-0.3, -0.25) is 4.90 Å². The Morgan fingerprint density at radius 2 is 2.00 bits per heavy atom. The summed E-state index contributed by atoms with van der Waals surface area (Å²) in [4.78, 5) is 2.51. The summed E-state index contributed by atoms with van der Waals surface area (Å²) in [5.74, 6) is -0.0635. The second-order valence-corrected chi connectivity index (χ2v) is 5.78. The van der Waals surface area contributed by atoms with Gasteiger partial charge >= 0.3 is 0 Å². The number of nitrogens with one attached hydrogen (secondary N) is 1. The summed E-state index contributed by atoms with van der Waals surface area (Å²) in [6, 6.07) is 6.47. The molecule has 2 aliphatic rings. The first-order valence-electron chi connectivity index (χ1n) is 7.20. The van der Waals surface area contributed by atoms with E-state index in [1.165, 1.54) is 25.7 Å². The highest BCUT2D eigenvalue weighted by molar-refractivity contribution is 5.40. The quantitative estimate of drug-likeness (QED) is 0.708. The summed E-state index contributed by atoms with van der Waals surface area (Å²) in [5.41, 5.74) is 1.07. The molecule has 0 radical (unpaired) electrons. The van der Waals surface area contributed by atoms with E-state index in [0.717, 1.165) is 25.2 Å². The van der Waals surface area contributed by atoms with Crippen LogP contribution >= 0.6 is 0 Å². The topological polar surface area (TPSA) is 55.7 Å². The van der Waals surface area contributed by atoms with E-state index in [0.29, 0.717) is 12.1 Å². The predicted octanol–water partition coefficient (Wildman–Crippen LogP) is 1.81. The van der Waals surface area contributed by atoms with E-state index in [1.807, 2.05) is 6.07 Å². The molecular formula is C15H22N2O2. The van der Waals surface area contributed by atoms with Gasteiger partial charge in [0.05, 0.1) is 0 Å². The average molecular weight is 262 g/mol. The number of aromatic hydroxyl groups is 2. The lowest BCUT2D eigenvalue weighted by Crippen LogP contribution is -2.38. The molecule has 1 saturated heterocycles. The lowest BCUT2D eigenvalue weighted by Gasteiger charge is -2.25. The van der Waals surface area contributed by atoms with Crippen molar-refractivity contribution in [3.05, 3.63) is 23.8 Å². The van der Waals surface area contributed by atoms with E-state index in [4.69, 9.17) is 0 Å². The Labute approximate surface area is 114 Å². The van der Waals surface area contributed by atoms with Crippen LogP contribution in [-0.4, -0.2) is 40.3 Å². The zero-order valence-corrected chi connectivity index (χ0v) is 11.2. The number of nitrogens with zero attached hydrogens (tertiary/aromatic N) is 1. The van der Waals surface area contributed by atoms with Crippen LogP contribution in [0.1, 0.15) is 31.2 Å². The Balaban J connectivity index is 1.64. The molecule has 4 nitrogen and oxygen atoms in total. The molecule has 1 atom stereocenters. The number of rotatable bonds is 5. The van der Waals surface area contributed by atoms with Crippen molar-refractivity contribution in [2.24, 2.45) is 0 Å². The van der Waals surface area contributed by atoms with E-state index < -0.39 is 0 Å². The molecule has 3 rings (SSSR count). The number of benzene rings is 1. The van der Waals surface area contributed by atoms with Gasteiger partial charge in [0.25, 0.3) is 0 Å². The zero-order chi connectivity index (χ0) is 13.2. The second-order valence-electron chi connectivity index (χ2n) is 5.78. The minimum atomic E-state index is -0.0424. The van der Waals surface area contributed by atoms with E-state index in [-0.39, 0.29) is 11.5 Å². The van der Waals surface area contributed by atoms with Gasteiger partial charge < -0.3 is 15.5 Å². The molecule has 19 heavy (non-hydrogen) atoms. The normalized spacial score (nSPS) is 23.1. The first kappa shape index (κ1) is 12.8. The van der Waals surface area contributed by atoms with E-state index >= 15 is 0 Å². The minimum absolute atomic E-state index is 0.0211. The lowest BCUT2D eigenvalue weighted by atomic mass is 10.1. The third kappa shape index (κ3) is 3.19. The predicted molar refractivity (Wildman–Crippen MR) is 74.2 cm³/mol. The van der Waals surface area contributed by atoms with Gasteiger partial charge in [0.2, 0.25) is 0 Å². The Hall–Kier alpha value is -1.26. The molecule has 1 aliphatic carbocycles. The maximum Gasteiger partial charge on any atom is 0.157 e. The van der Waals surface area contributed by atoms with Crippen molar-refractivity contribution in [3.8, 4) is 11.5 Å². The molecule has 1 unspecified atom stereocenters. The number of phenolic OH excluding ortho intramolecular Hbond substituents is 2. The third-order valence-corrected chi connectivity index (χ3v) is 4.11. The van der Waals surface area contributed by atoms with Crippen molar-refractivity contribution in [2.75, 3.05) is 13.1 Å². The summed E-state index contributed by atoms with van der Waals surface area (Å²) in [6.45, 7) is 3.09. The van der Waals surface area contributed by atoms with Gasteiger partial charge in [-0.2, -0.15) is 0 Å². The Morgan fingerprint density at radius 1 is 1.16 bits per heavy atom. The number of phenols is 2. The van der Waals surface area contributed by atoms with Gasteiger partial charge in [-0.05, 0) is 49.9 Å². The van der Waals surface area contributed by atoms with Gasteiger partial charge in [0, 0.05) is 25.2 Å². The monoisotopic (exact) mass is 262 g/mol. The van der Waals surface area contributed by atoms with Crippen molar-refractivity contribution < 1.29 is 10.2 Å². The van der Waals surface area contributed by atoms with Crippen molar-refractivity contribution in [1.29, 1.82) is 0 Å². The van der Waals surface area contributed by atoms with Gasteiger partial charge in [-0.15, -0.1) is 0 Å². The van der Waals surface area contributed by atoms with Crippen LogP contribution in [0.5, 0.6) is 11.5 Å². The van der Waals surface area contributed by atoms with Crippen molar-refractivity contribution >= 4 is 0 Å². The summed E-state index contributed by atoms with van der Waals surface area (Å²) in [6.07, 6.45) is 5.13. The molecule has 0 bridgehead atoms. The zero-order valence-electron chi connectivity index (χ0n) is 11.2. The first-order chi connectivity index (χ1) is 9.22. The third-order valence-electron chi connectivity index (χ3n) is 4.11. The molecule has 0 amide bonds. The summed E-state index contributed by atoms with van der Waals surface area (Å²) < 4.78 is 0. The van der Waals surface area contributed by atoms with Crippen LogP contribution in [0.25, 0.3) is 0 Å². The molecule has 1 aromatic rings. The molecule has 1 heterocycles. The van der Waals surface area contributed by atoms with Gasteiger partial charge in [-0.25, -0.2) is 0 Å². The molecule has 104 valence electrons. The minimum Gasteiger partial charge on any atom is -0.504 e. The fourth-order valence-corrected chi connectivity index (χ4v) is 2.88. The van der Waals surface area contributed by atoms with E-state index in [2.05, 4.69) is 10.2 Å². The fourth-order valence-electron chi connectivity index (χ4n) is 2.88.